The van der Waals surface area contributed by atoms with Gasteiger partial charge in [-0.1, -0.05) is 6.07 Å². The zero-order valence-electron chi connectivity index (χ0n) is 9.08. The standard InChI is InChI=1S/C12H7N3O3/c16-5-8-4-10(14-6-13-8)7-1-2-9-11(3-7)18-12(17)15-9/h1-6H,(H,15,17). The average Bonchev–Trinajstić information content (AvgIpc) is 2.77. The molecule has 0 spiro atoms. The number of benzene rings is 1. The number of nitrogens with zero attached hydrogens (tertiary/aromatic N) is 2. The molecule has 0 saturated carbocycles. The summed E-state index contributed by atoms with van der Waals surface area (Å²) in [4.78, 5) is 32.1. The number of rotatable bonds is 2. The van der Waals surface area contributed by atoms with E-state index < -0.39 is 5.76 Å². The van der Waals surface area contributed by atoms with E-state index >= 15 is 0 Å². The Morgan fingerprint density at radius 1 is 1.22 bits per heavy atom. The van der Waals surface area contributed by atoms with Gasteiger partial charge in [0.2, 0.25) is 0 Å². The normalized spacial score (nSPS) is 10.7. The van der Waals surface area contributed by atoms with Gasteiger partial charge in [0, 0.05) is 5.56 Å². The van der Waals surface area contributed by atoms with Crippen LogP contribution in [0.25, 0.3) is 22.4 Å². The highest BCUT2D eigenvalue weighted by atomic mass is 16.4. The fraction of sp³-hybridized carbons (Fsp3) is 0. The number of aromatic nitrogens is 3. The van der Waals surface area contributed by atoms with Gasteiger partial charge >= 0.3 is 5.76 Å². The number of aldehydes is 1. The Kier molecular flexibility index (Phi) is 2.26. The quantitative estimate of drug-likeness (QED) is 0.685. The monoisotopic (exact) mass is 241 g/mol. The molecule has 0 unspecified atom stereocenters. The van der Waals surface area contributed by atoms with Crippen molar-refractivity contribution < 1.29 is 9.21 Å². The van der Waals surface area contributed by atoms with Crippen molar-refractivity contribution in [2.75, 3.05) is 0 Å². The average molecular weight is 241 g/mol. The molecule has 1 N–H and O–H groups in total. The fourth-order valence-corrected chi connectivity index (χ4v) is 1.70. The molecule has 6 heteroatoms. The van der Waals surface area contributed by atoms with Crippen molar-refractivity contribution in [3.63, 3.8) is 0 Å². The second-order valence-electron chi connectivity index (χ2n) is 3.67. The number of fused-ring (bicyclic) bond motifs is 1. The molecule has 2 aromatic heterocycles. The van der Waals surface area contributed by atoms with E-state index in [0.717, 1.165) is 5.56 Å². The van der Waals surface area contributed by atoms with E-state index in [1.54, 1.807) is 24.3 Å². The third-order valence-electron chi connectivity index (χ3n) is 2.53. The van der Waals surface area contributed by atoms with Gasteiger partial charge in [0.25, 0.3) is 0 Å². The van der Waals surface area contributed by atoms with E-state index in [0.29, 0.717) is 28.8 Å². The van der Waals surface area contributed by atoms with Crippen molar-refractivity contribution in [3.8, 4) is 11.3 Å². The van der Waals surface area contributed by atoms with Crippen LogP contribution >= 0.6 is 0 Å². The Hall–Kier alpha value is -2.76. The number of carbonyl (C=O) groups excluding carboxylic acids is 1. The predicted octanol–water partition coefficient (Wildman–Crippen LogP) is 1.39. The zero-order chi connectivity index (χ0) is 12.5. The minimum Gasteiger partial charge on any atom is -0.408 e. The van der Waals surface area contributed by atoms with Crippen molar-refractivity contribution in [1.29, 1.82) is 0 Å². The van der Waals surface area contributed by atoms with Gasteiger partial charge in [-0.15, -0.1) is 0 Å². The summed E-state index contributed by atoms with van der Waals surface area (Å²) in [5, 5.41) is 0. The lowest BCUT2D eigenvalue weighted by molar-refractivity contribution is 0.111. The Balaban J connectivity index is 2.18. The lowest BCUT2D eigenvalue weighted by Crippen LogP contribution is -1.92. The number of H-pyrrole nitrogens is 1. The molecule has 0 fully saturated rings. The smallest absolute Gasteiger partial charge is 0.408 e. The van der Waals surface area contributed by atoms with Gasteiger partial charge in [0.15, 0.2) is 11.9 Å². The van der Waals surface area contributed by atoms with Crippen LogP contribution in [0, 0.1) is 0 Å². The van der Waals surface area contributed by atoms with Crippen LogP contribution in [0.1, 0.15) is 10.5 Å². The number of aromatic amines is 1. The van der Waals surface area contributed by atoms with Crippen LogP contribution in [0.4, 0.5) is 0 Å². The first-order valence-electron chi connectivity index (χ1n) is 5.17. The Bertz CT molecular complexity index is 788. The maximum atomic E-state index is 11.0. The fourth-order valence-electron chi connectivity index (χ4n) is 1.70. The van der Waals surface area contributed by atoms with E-state index in [4.69, 9.17) is 4.42 Å². The number of hydrogen-bond acceptors (Lipinski definition) is 5. The first-order valence-corrected chi connectivity index (χ1v) is 5.17. The van der Waals surface area contributed by atoms with Gasteiger partial charge in [-0.25, -0.2) is 14.8 Å². The molecule has 0 atom stereocenters. The summed E-state index contributed by atoms with van der Waals surface area (Å²) < 4.78 is 4.96. The third-order valence-corrected chi connectivity index (χ3v) is 2.53. The van der Waals surface area contributed by atoms with Crippen LogP contribution in [0.15, 0.2) is 39.8 Å². The molecule has 3 rings (SSSR count). The van der Waals surface area contributed by atoms with Crippen LogP contribution in [-0.2, 0) is 0 Å². The maximum absolute atomic E-state index is 11.0. The highest BCUT2D eigenvalue weighted by Crippen LogP contribution is 2.21. The summed E-state index contributed by atoms with van der Waals surface area (Å²) in [6, 6.07) is 6.76. The van der Waals surface area contributed by atoms with Crippen molar-refractivity contribution in [2.24, 2.45) is 0 Å². The minimum atomic E-state index is -0.501. The second kappa shape index (κ2) is 3.92. The highest BCUT2D eigenvalue weighted by Gasteiger charge is 2.06. The maximum Gasteiger partial charge on any atom is 0.417 e. The Labute approximate surface area is 100 Å². The summed E-state index contributed by atoms with van der Waals surface area (Å²) in [5.74, 6) is -0.501. The molecule has 18 heavy (non-hydrogen) atoms. The van der Waals surface area contributed by atoms with Gasteiger partial charge in [0.1, 0.15) is 12.0 Å². The van der Waals surface area contributed by atoms with Gasteiger partial charge in [-0.2, -0.15) is 0 Å². The topological polar surface area (TPSA) is 88.9 Å². The van der Waals surface area contributed by atoms with Gasteiger partial charge < -0.3 is 4.42 Å². The van der Waals surface area contributed by atoms with E-state index in [-0.39, 0.29) is 0 Å². The molecule has 2 heterocycles. The SMILES string of the molecule is O=Cc1cc(-c2ccc3[nH]c(=O)oc3c2)ncn1. The highest BCUT2D eigenvalue weighted by molar-refractivity contribution is 5.80. The number of nitrogens with one attached hydrogen (secondary N) is 1. The molecule has 0 radical (unpaired) electrons. The molecule has 0 aliphatic rings. The molecule has 0 amide bonds. The minimum absolute atomic E-state index is 0.301. The summed E-state index contributed by atoms with van der Waals surface area (Å²) in [6.07, 6.45) is 1.97. The zero-order valence-corrected chi connectivity index (χ0v) is 9.08. The molecule has 6 nitrogen and oxygen atoms in total. The van der Waals surface area contributed by atoms with Crippen molar-refractivity contribution in [3.05, 3.63) is 46.8 Å². The summed E-state index contributed by atoms with van der Waals surface area (Å²) in [7, 11) is 0. The third kappa shape index (κ3) is 1.69. The molecular weight excluding hydrogens is 234 g/mol. The number of hydrogen-bond donors (Lipinski definition) is 1. The van der Waals surface area contributed by atoms with Crippen LogP contribution in [0.5, 0.6) is 0 Å². The van der Waals surface area contributed by atoms with Crippen LogP contribution in [0.3, 0.4) is 0 Å². The number of oxazole rings is 1. The molecule has 0 aliphatic carbocycles. The second-order valence-corrected chi connectivity index (χ2v) is 3.67. The van der Waals surface area contributed by atoms with Crippen LogP contribution in [0.2, 0.25) is 0 Å². The van der Waals surface area contributed by atoms with Crippen LogP contribution < -0.4 is 5.76 Å². The Morgan fingerprint density at radius 2 is 2.11 bits per heavy atom. The molecule has 0 aliphatic heterocycles. The predicted molar refractivity (Wildman–Crippen MR) is 63.2 cm³/mol. The summed E-state index contributed by atoms with van der Waals surface area (Å²) in [6.45, 7) is 0. The molecule has 88 valence electrons. The van der Waals surface area contributed by atoms with E-state index in [2.05, 4.69) is 15.0 Å². The van der Waals surface area contributed by atoms with E-state index in [9.17, 15) is 9.59 Å². The van der Waals surface area contributed by atoms with Gasteiger partial charge in [-0.05, 0) is 18.2 Å². The lowest BCUT2D eigenvalue weighted by atomic mass is 10.1. The van der Waals surface area contributed by atoms with E-state index in [1.165, 1.54) is 6.33 Å². The molecule has 1 aromatic carbocycles. The molecule has 0 saturated heterocycles. The van der Waals surface area contributed by atoms with E-state index in [1.807, 2.05) is 0 Å². The Morgan fingerprint density at radius 3 is 2.94 bits per heavy atom. The first-order chi connectivity index (χ1) is 8.76. The molecular formula is C12H7N3O3. The lowest BCUT2D eigenvalue weighted by Gasteiger charge is -2.00. The van der Waals surface area contributed by atoms with Crippen molar-refractivity contribution >= 4 is 17.4 Å². The van der Waals surface area contributed by atoms with Gasteiger partial charge in [0.05, 0.1) is 11.2 Å². The summed E-state index contributed by atoms with van der Waals surface area (Å²) in [5.41, 5.74) is 2.71. The van der Waals surface area contributed by atoms with Gasteiger partial charge in [-0.3, -0.25) is 9.78 Å². The summed E-state index contributed by atoms with van der Waals surface area (Å²) >= 11 is 0. The van der Waals surface area contributed by atoms with Crippen LogP contribution in [-0.4, -0.2) is 21.2 Å². The number of carbonyl (C=O) groups is 1. The largest absolute Gasteiger partial charge is 0.417 e. The molecule has 3 aromatic rings. The molecule has 0 bridgehead atoms. The van der Waals surface area contributed by atoms with Crippen molar-refractivity contribution in [1.82, 2.24) is 15.0 Å². The first kappa shape index (κ1) is 10.4. The van der Waals surface area contributed by atoms with Crippen molar-refractivity contribution in [2.45, 2.75) is 0 Å².